The van der Waals surface area contributed by atoms with Gasteiger partial charge in [-0.3, -0.25) is 9.78 Å². The van der Waals surface area contributed by atoms with Crippen LogP contribution in [0.25, 0.3) is 0 Å². The van der Waals surface area contributed by atoms with Gasteiger partial charge in [0.1, 0.15) is 11.4 Å². The first kappa shape index (κ1) is 16.9. The molecule has 0 aliphatic carbocycles. The van der Waals surface area contributed by atoms with Crippen LogP contribution in [0.2, 0.25) is 0 Å². The maximum atomic E-state index is 12.0. The molecular formula is C15H17N3O4S. The molecule has 0 aliphatic heterocycles. The van der Waals surface area contributed by atoms with E-state index in [4.69, 9.17) is 9.88 Å². The SMILES string of the molecule is COc1cccc(CCNC(=O)c2cc(S(N)(=O)=O)ccn2)c1. The molecule has 1 amide bonds. The van der Waals surface area contributed by atoms with Gasteiger partial charge in [-0.15, -0.1) is 0 Å². The lowest BCUT2D eigenvalue weighted by Gasteiger charge is -2.07. The van der Waals surface area contributed by atoms with E-state index in [1.807, 2.05) is 24.3 Å². The van der Waals surface area contributed by atoms with Crippen LogP contribution in [0.3, 0.4) is 0 Å². The average Bonchev–Trinajstić information content (AvgIpc) is 2.54. The number of pyridine rings is 1. The van der Waals surface area contributed by atoms with Crippen molar-refractivity contribution in [3.05, 3.63) is 53.9 Å². The summed E-state index contributed by atoms with van der Waals surface area (Å²) in [6.45, 7) is 0.382. The third-order valence-corrected chi connectivity index (χ3v) is 4.04. The Bertz CT molecular complexity index is 806. The molecule has 0 saturated carbocycles. The van der Waals surface area contributed by atoms with Crippen LogP contribution in [0.5, 0.6) is 5.75 Å². The van der Waals surface area contributed by atoms with E-state index in [0.29, 0.717) is 13.0 Å². The molecule has 0 fully saturated rings. The average molecular weight is 335 g/mol. The number of aromatic nitrogens is 1. The number of carbonyl (C=O) groups excluding carboxylic acids is 1. The highest BCUT2D eigenvalue weighted by Crippen LogP contribution is 2.12. The molecule has 0 unspecified atom stereocenters. The summed E-state index contributed by atoms with van der Waals surface area (Å²) < 4.78 is 27.7. The lowest BCUT2D eigenvalue weighted by molar-refractivity contribution is 0.0949. The second-order valence-electron chi connectivity index (χ2n) is 4.78. The number of methoxy groups -OCH3 is 1. The third-order valence-electron chi connectivity index (χ3n) is 3.13. The van der Waals surface area contributed by atoms with Gasteiger partial charge < -0.3 is 10.1 Å². The van der Waals surface area contributed by atoms with E-state index in [1.54, 1.807) is 7.11 Å². The molecule has 0 atom stereocenters. The van der Waals surface area contributed by atoms with Crippen LogP contribution < -0.4 is 15.2 Å². The Labute approximate surface area is 134 Å². The number of sulfonamides is 1. The summed E-state index contributed by atoms with van der Waals surface area (Å²) in [4.78, 5) is 15.7. The van der Waals surface area contributed by atoms with E-state index >= 15 is 0 Å². The highest BCUT2D eigenvalue weighted by molar-refractivity contribution is 7.89. The predicted molar refractivity (Wildman–Crippen MR) is 84.6 cm³/mol. The number of primary sulfonamides is 1. The maximum Gasteiger partial charge on any atom is 0.269 e. The second-order valence-corrected chi connectivity index (χ2v) is 6.34. The maximum absolute atomic E-state index is 12.0. The molecule has 7 nitrogen and oxygen atoms in total. The van der Waals surface area contributed by atoms with Crippen molar-refractivity contribution < 1.29 is 17.9 Å². The van der Waals surface area contributed by atoms with Crippen LogP contribution in [0.1, 0.15) is 16.1 Å². The molecule has 0 bridgehead atoms. The number of hydrogen-bond donors (Lipinski definition) is 2. The Morgan fingerprint density at radius 1 is 1.30 bits per heavy atom. The molecular weight excluding hydrogens is 318 g/mol. The van der Waals surface area contributed by atoms with Crippen LogP contribution in [-0.4, -0.2) is 33.0 Å². The lowest BCUT2D eigenvalue weighted by atomic mass is 10.1. The second kappa shape index (κ2) is 7.21. The smallest absolute Gasteiger partial charge is 0.269 e. The van der Waals surface area contributed by atoms with E-state index < -0.39 is 15.9 Å². The zero-order valence-electron chi connectivity index (χ0n) is 12.5. The summed E-state index contributed by atoms with van der Waals surface area (Å²) >= 11 is 0. The fraction of sp³-hybridized carbons (Fsp3) is 0.200. The molecule has 23 heavy (non-hydrogen) atoms. The first-order chi connectivity index (χ1) is 10.9. The van der Waals surface area contributed by atoms with Crippen molar-refractivity contribution in [1.82, 2.24) is 10.3 Å². The van der Waals surface area contributed by atoms with E-state index in [2.05, 4.69) is 10.3 Å². The molecule has 0 spiro atoms. The topological polar surface area (TPSA) is 111 Å². The Balaban J connectivity index is 1.97. The number of nitrogens with two attached hydrogens (primary N) is 1. The van der Waals surface area contributed by atoms with Gasteiger partial charge in [-0.2, -0.15) is 0 Å². The van der Waals surface area contributed by atoms with Crippen LogP contribution in [0.15, 0.2) is 47.5 Å². The molecule has 1 heterocycles. The van der Waals surface area contributed by atoms with E-state index in [0.717, 1.165) is 17.4 Å². The number of hydrogen-bond acceptors (Lipinski definition) is 5. The summed E-state index contributed by atoms with van der Waals surface area (Å²) in [5, 5.41) is 7.72. The minimum absolute atomic E-state index is 0.00201. The minimum atomic E-state index is -3.86. The van der Waals surface area contributed by atoms with Gasteiger partial charge in [0.25, 0.3) is 5.91 Å². The summed E-state index contributed by atoms with van der Waals surface area (Å²) in [6, 6.07) is 9.90. The fourth-order valence-corrected chi connectivity index (χ4v) is 2.48. The largest absolute Gasteiger partial charge is 0.497 e. The molecule has 8 heteroatoms. The van der Waals surface area contributed by atoms with Crippen molar-refractivity contribution in [3.63, 3.8) is 0 Å². The zero-order valence-corrected chi connectivity index (χ0v) is 13.3. The highest BCUT2D eigenvalue weighted by Gasteiger charge is 2.13. The summed E-state index contributed by atoms with van der Waals surface area (Å²) in [7, 11) is -2.28. The lowest BCUT2D eigenvalue weighted by Crippen LogP contribution is -2.27. The van der Waals surface area contributed by atoms with Crippen LogP contribution in [0.4, 0.5) is 0 Å². The number of nitrogens with one attached hydrogen (secondary N) is 1. The number of nitrogens with zero attached hydrogens (tertiary/aromatic N) is 1. The van der Waals surface area contributed by atoms with Gasteiger partial charge in [-0.25, -0.2) is 13.6 Å². The molecule has 0 saturated heterocycles. The van der Waals surface area contributed by atoms with Crippen molar-refractivity contribution >= 4 is 15.9 Å². The number of benzene rings is 1. The van der Waals surface area contributed by atoms with Crippen molar-refractivity contribution in [1.29, 1.82) is 0 Å². The molecule has 3 N–H and O–H groups in total. The normalized spacial score (nSPS) is 11.0. The molecule has 2 rings (SSSR count). The first-order valence-corrected chi connectivity index (χ1v) is 8.35. The van der Waals surface area contributed by atoms with Gasteiger partial charge in [0, 0.05) is 12.7 Å². The zero-order chi connectivity index (χ0) is 16.9. The van der Waals surface area contributed by atoms with Crippen LogP contribution >= 0.6 is 0 Å². The van der Waals surface area contributed by atoms with Crippen LogP contribution in [-0.2, 0) is 16.4 Å². The minimum Gasteiger partial charge on any atom is -0.497 e. The highest BCUT2D eigenvalue weighted by atomic mass is 32.2. The van der Waals surface area contributed by atoms with Gasteiger partial charge in [0.05, 0.1) is 12.0 Å². The molecule has 122 valence electrons. The van der Waals surface area contributed by atoms with Crippen molar-refractivity contribution in [3.8, 4) is 5.75 Å². The van der Waals surface area contributed by atoms with Gasteiger partial charge in [0.15, 0.2) is 0 Å². The Hall–Kier alpha value is -2.45. The number of rotatable bonds is 6. The molecule has 1 aromatic heterocycles. The Kier molecular flexibility index (Phi) is 5.30. The van der Waals surface area contributed by atoms with Gasteiger partial charge in [0.2, 0.25) is 10.0 Å². The molecule has 0 radical (unpaired) electrons. The molecule has 1 aromatic carbocycles. The van der Waals surface area contributed by atoms with Gasteiger partial charge >= 0.3 is 0 Å². The molecule has 0 aliphatic rings. The fourth-order valence-electron chi connectivity index (χ4n) is 1.95. The van der Waals surface area contributed by atoms with Crippen molar-refractivity contribution in [2.75, 3.05) is 13.7 Å². The van der Waals surface area contributed by atoms with E-state index in [1.165, 1.54) is 12.3 Å². The first-order valence-electron chi connectivity index (χ1n) is 6.80. The van der Waals surface area contributed by atoms with Gasteiger partial charge in [-0.1, -0.05) is 12.1 Å². The quantitative estimate of drug-likeness (QED) is 0.807. The monoisotopic (exact) mass is 335 g/mol. The Morgan fingerprint density at radius 3 is 2.78 bits per heavy atom. The van der Waals surface area contributed by atoms with Gasteiger partial charge in [-0.05, 0) is 36.2 Å². The van der Waals surface area contributed by atoms with Crippen molar-refractivity contribution in [2.24, 2.45) is 5.14 Å². The third kappa shape index (κ3) is 4.76. The van der Waals surface area contributed by atoms with Crippen molar-refractivity contribution in [2.45, 2.75) is 11.3 Å². The summed E-state index contributed by atoms with van der Waals surface area (Å²) in [6.07, 6.45) is 1.84. The van der Waals surface area contributed by atoms with Crippen LogP contribution in [0, 0.1) is 0 Å². The standard InChI is InChI=1S/C15H17N3O4S/c1-22-12-4-2-3-11(9-12)5-7-18-15(19)14-10-13(6-8-17-14)23(16,20)21/h2-4,6,8-10H,5,7H2,1H3,(H,18,19)(H2,16,20,21). The molecule has 2 aromatic rings. The van der Waals surface area contributed by atoms with E-state index in [-0.39, 0.29) is 10.6 Å². The Morgan fingerprint density at radius 2 is 2.09 bits per heavy atom. The van der Waals surface area contributed by atoms with E-state index in [9.17, 15) is 13.2 Å². The summed E-state index contributed by atoms with van der Waals surface area (Å²) in [5.41, 5.74) is 1.01. The number of ether oxygens (including phenoxy) is 1. The number of carbonyl (C=O) groups is 1. The summed E-state index contributed by atoms with van der Waals surface area (Å²) in [5.74, 6) is 0.287. The predicted octanol–water partition coefficient (Wildman–Crippen LogP) is 0.710. The number of amides is 1.